The Balaban J connectivity index is 2.15. The minimum atomic E-state index is -1.13. The Kier molecular flexibility index (Phi) is 6.13. The molecule has 26 heavy (non-hydrogen) atoms. The maximum absolute atomic E-state index is 14.4. The van der Waals surface area contributed by atoms with Crippen molar-refractivity contribution in [2.75, 3.05) is 6.61 Å². The van der Waals surface area contributed by atoms with Crippen LogP contribution in [0, 0.1) is 18.7 Å². The zero-order valence-corrected chi connectivity index (χ0v) is 15.4. The van der Waals surface area contributed by atoms with E-state index in [-0.39, 0.29) is 18.3 Å². The third-order valence-corrected chi connectivity index (χ3v) is 3.82. The number of rotatable bonds is 7. The van der Waals surface area contributed by atoms with Crippen molar-refractivity contribution in [3.63, 3.8) is 0 Å². The molecule has 1 unspecified atom stereocenters. The summed E-state index contributed by atoms with van der Waals surface area (Å²) in [6, 6.07) is 6.30. The van der Waals surface area contributed by atoms with E-state index in [0.29, 0.717) is 23.5 Å². The van der Waals surface area contributed by atoms with Gasteiger partial charge in [-0.3, -0.25) is 0 Å². The molecule has 0 aliphatic carbocycles. The Morgan fingerprint density at radius 1 is 1.38 bits per heavy atom. The molecule has 1 atom stereocenters. The Hall–Kier alpha value is -2.70. The number of carboxylic acid groups (broad SMARTS) is 1. The van der Waals surface area contributed by atoms with Crippen LogP contribution >= 0.6 is 0 Å². The van der Waals surface area contributed by atoms with Crippen LogP contribution in [0.5, 0.6) is 5.75 Å². The van der Waals surface area contributed by atoms with Gasteiger partial charge in [-0.05, 0) is 50.5 Å². The lowest BCUT2D eigenvalue weighted by molar-refractivity contribution is 0.141. The molecule has 1 amide bonds. The smallest absolute Gasteiger partial charge is 0.405 e. The lowest BCUT2D eigenvalue weighted by atomic mass is 9.91. The van der Waals surface area contributed by atoms with Crippen LogP contribution < -0.4 is 10.1 Å². The normalized spacial score (nSPS) is 13.3. The Bertz CT molecular complexity index is 782. The molecular formula is C19H24FN3O3. The number of aryl methyl sites for hydroxylation is 1. The van der Waals surface area contributed by atoms with Crippen molar-refractivity contribution in [1.82, 2.24) is 15.3 Å². The van der Waals surface area contributed by atoms with Crippen molar-refractivity contribution in [2.24, 2.45) is 5.92 Å². The number of halogens is 1. The van der Waals surface area contributed by atoms with E-state index in [1.807, 2.05) is 13.8 Å². The molecule has 2 N–H and O–H groups in total. The van der Waals surface area contributed by atoms with E-state index in [2.05, 4.69) is 15.3 Å². The summed E-state index contributed by atoms with van der Waals surface area (Å²) in [4.78, 5) is 19.3. The standard InChI is InChI=1S/C19H24FN3O3/c1-12(2)10-19(4,23-18(24)25)11-26-17-6-5-14(9-15(17)20)16-7-8-21-13(3)22-16/h5-9,12,23H,10-11H2,1-4H3,(H,24,25). The van der Waals surface area contributed by atoms with Crippen LogP contribution in [0.15, 0.2) is 30.5 Å². The second kappa shape index (κ2) is 8.12. The number of hydrogen-bond acceptors (Lipinski definition) is 4. The van der Waals surface area contributed by atoms with Crippen LogP contribution in [-0.2, 0) is 0 Å². The van der Waals surface area contributed by atoms with E-state index in [9.17, 15) is 9.18 Å². The van der Waals surface area contributed by atoms with Crippen molar-refractivity contribution >= 4 is 6.09 Å². The minimum absolute atomic E-state index is 0.0281. The molecule has 2 aromatic rings. The molecule has 1 heterocycles. The largest absolute Gasteiger partial charge is 0.488 e. The summed E-state index contributed by atoms with van der Waals surface area (Å²) < 4.78 is 20.0. The van der Waals surface area contributed by atoms with Gasteiger partial charge in [-0.2, -0.15) is 0 Å². The number of benzene rings is 1. The second-order valence-electron chi connectivity index (χ2n) is 7.01. The molecule has 0 aliphatic rings. The van der Waals surface area contributed by atoms with Crippen LogP contribution in [-0.4, -0.2) is 33.3 Å². The molecular weight excluding hydrogens is 337 g/mol. The quantitative estimate of drug-likeness (QED) is 0.777. The van der Waals surface area contributed by atoms with Gasteiger partial charge in [0.1, 0.15) is 12.4 Å². The molecule has 1 aromatic carbocycles. The van der Waals surface area contributed by atoms with E-state index in [1.165, 1.54) is 12.1 Å². The van der Waals surface area contributed by atoms with Crippen LogP contribution in [0.2, 0.25) is 0 Å². The monoisotopic (exact) mass is 361 g/mol. The summed E-state index contributed by atoms with van der Waals surface area (Å²) in [5.74, 6) is 0.402. The van der Waals surface area contributed by atoms with Crippen LogP contribution in [0.25, 0.3) is 11.3 Å². The van der Waals surface area contributed by atoms with E-state index in [0.717, 1.165) is 0 Å². The van der Waals surface area contributed by atoms with Gasteiger partial charge in [0.15, 0.2) is 11.6 Å². The average Bonchev–Trinajstić information content (AvgIpc) is 2.52. The van der Waals surface area contributed by atoms with Gasteiger partial charge in [0.2, 0.25) is 0 Å². The maximum atomic E-state index is 14.4. The summed E-state index contributed by atoms with van der Waals surface area (Å²) in [5.41, 5.74) is 0.434. The summed E-state index contributed by atoms with van der Waals surface area (Å²) in [6.45, 7) is 7.52. The molecule has 0 saturated heterocycles. The van der Waals surface area contributed by atoms with Crippen molar-refractivity contribution < 1.29 is 19.0 Å². The van der Waals surface area contributed by atoms with Gasteiger partial charge in [-0.25, -0.2) is 19.2 Å². The van der Waals surface area contributed by atoms with E-state index in [4.69, 9.17) is 9.84 Å². The maximum Gasteiger partial charge on any atom is 0.405 e. The molecule has 2 rings (SSSR count). The molecule has 1 aromatic heterocycles. The molecule has 0 aliphatic heterocycles. The van der Waals surface area contributed by atoms with Crippen molar-refractivity contribution in [3.8, 4) is 17.0 Å². The van der Waals surface area contributed by atoms with Gasteiger partial charge in [-0.1, -0.05) is 13.8 Å². The summed E-state index contributed by atoms with van der Waals surface area (Å²) >= 11 is 0. The third kappa shape index (κ3) is 5.40. The number of nitrogens with zero attached hydrogens (tertiary/aromatic N) is 2. The molecule has 0 saturated carbocycles. The SMILES string of the molecule is Cc1nccc(-c2ccc(OCC(C)(CC(C)C)NC(=O)O)c(F)c2)n1. The summed E-state index contributed by atoms with van der Waals surface area (Å²) in [6.07, 6.45) is 1.06. The van der Waals surface area contributed by atoms with E-state index in [1.54, 1.807) is 32.2 Å². The van der Waals surface area contributed by atoms with Crippen LogP contribution in [0.4, 0.5) is 9.18 Å². The molecule has 7 heteroatoms. The molecule has 6 nitrogen and oxygen atoms in total. The van der Waals surface area contributed by atoms with E-state index >= 15 is 0 Å². The third-order valence-electron chi connectivity index (χ3n) is 3.82. The minimum Gasteiger partial charge on any atom is -0.488 e. The fraction of sp³-hybridized carbons (Fsp3) is 0.421. The number of aromatic nitrogens is 2. The number of carbonyl (C=O) groups is 1. The zero-order chi connectivity index (χ0) is 19.3. The lowest BCUT2D eigenvalue weighted by Gasteiger charge is -2.31. The molecule has 0 fully saturated rings. The molecule has 140 valence electrons. The first-order valence-electron chi connectivity index (χ1n) is 8.42. The van der Waals surface area contributed by atoms with Gasteiger partial charge in [0, 0.05) is 11.8 Å². The first-order valence-corrected chi connectivity index (χ1v) is 8.42. The lowest BCUT2D eigenvalue weighted by Crippen LogP contribution is -2.50. The topological polar surface area (TPSA) is 84.3 Å². The van der Waals surface area contributed by atoms with Gasteiger partial charge < -0.3 is 15.2 Å². The van der Waals surface area contributed by atoms with Gasteiger partial charge in [0.05, 0.1) is 11.2 Å². The number of amides is 1. The summed E-state index contributed by atoms with van der Waals surface area (Å²) in [5, 5.41) is 11.5. The van der Waals surface area contributed by atoms with Crippen molar-refractivity contribution in [3.05, 3.63) is 42.1 Å². The number of hydrogen-bond donors (Lipinski definition) is 2. The highest BCUT2D eigenvalue weighted by Crippen LogP contribution is 2.26. The first kappa shape index (κ1) is 19.6. The Morgan fingerprint density at radius 3 is 2.69 bits per heavy atom. The van der Waals surface area contributed by atoms with Gasteiger partial charge in [0.25, 0.3) is 0 Å². The highest BCUT2D eigenvalue weighted by molar-refractivity contribution is 5.65. The average molecular weight is 361 g/mol. The van der Waals surface area contributed by atoms with Gasteiger partial charge >= 0.3 is 6.09 Å². The predicted octanol–water partition coefficient (Wildman–Crippen LogP) is 4.04. The number of nitrogens with one attached hydrogen (secondary N) is 1. The zero-order valence-electron chi connectivity index (χ0n) is 15.4. The van der Waals surface area contributed by atoms with Crippen molar-refractivity contribution in [1.29, 1.82) is 0 Å². The Morgan fingerprint density at radius 2 is 2.12 bits per heavy atom. The predicted molar refractivity (Wildman–Crippen MR) is 96.7 cm³/mol. The highest BCUT2D eigenvalue weighted by atomic mass is 19.1. The molecule has 0 bridgehead atoms. The molecule has 0 spiro atoms. The number of ether oxygens (including phenoxy) is 1. The van der Waals surface area contributed by atoms with Gasteiger partial charge in [-0.15, -0.1) is 0 Å². The first-order chi connectivity index (χ1) is 12.2. The Labute approximate surface area is 152 Å². The van der Waals surface area contributed by atoms with Crippen LogP contribution in [0.3, 0.4) is 0 Å². The fourth-order valence-electron chi connectivity index (χ4n) is 2.94. The van der Waals surface area contributed by atoms with Crippen LogP contribution in [0.1, 0.15) is 33.0 Å². The second-order valence-corrected chi connectivity index (χ2v) is 7.01. The fourth-order valence-corrected chi connectivity index (χ4v) is 2.94. The summed E-state index contributed by atoms with van der Waals surface area (Å²) in [7, 11) is 0. The van der Waals surface area contributed by atoms with E-state index < -0.39 is 17.4 Å². The highest BCUT2D eigenvalue weighted by Gasteiger charge is 2.29. The molecule has 0 radical (unpaired) electrons. The van der Waals surface area contributed by atoms with Crippen molar-refractivity contribution in [2.45, 2.75) is 39.7 Å².